The Bertz CT molecular complexity index is 780. The number of hydrogen-bond acceptors (Lipinski definition) is 6. The van der Waals surface area contributed by atoms with Crippen LogP contribution in [0.4, 0.5) is 11.8 Å². The van der Waals surface area contributed by atoms with Crippen molar-refractivity contribution in [2.45, 2.75) is 25.3 Å². The minimum absolute atomic E-state index is 0.0467. The highest BCUT2D eigenvalue weighted by Crippen LogP contribution is 2.31. The number of rotatable bonds is 5. The first-order valence-corrected chi connectivity index (χ1v) is 9.45. The SMILES string of the molecule is OCCNc1nc(C2CCOC2)cc(N2CCc3c(Cl)cccc3C2)n1. The van der Waals surface area contributed by atoms with Crippen molar-refractivity contribution in [1.29, 1.82) is 0 Å². The van der Waals surface area contributed by atoms with Crippen molar-refractivity contribution >= 4 is 23.4 Å². The van der Waals surface area contributed by atoms with E-state index < -0.39 is 0 Å². The summed E-state index contributed by atoms with van der Waals surface area (Å²) in [5, 5.41) is 13.1. The van der Waals surface area contributed by atoms with Crippen LogP contribution in [0.1, 0.15) is 29.2 Å². The van der Waals surface area contributed by atoms with Crippen molar-refractivity contribution in [3.63, 3.8) is 0 Å². The number of benzene rings is 1. The molecule has 2 aliphatic heterocycles. The van der Waals surface area contributed by atoms with E-state index in [4.69, 9.17) is 21.4 Å². The fourth-order valence-corrected chi connectivity index (χ4v) is 3.89. The first-order valence-electron chi connectivity index (χ1n) is 9.07. The zero-order chi connectivity index (χ0) is 17.9. The summed E-state index contributed by atoms with van der Waals surface area (Å²) >= 11 is 6.34. The van der Waals surface area contributed by atoms with Crippen LogP contribution in [0.15, 0.2) is 24.3 Å². The summed E-state index contributed by atoms with van der Waals surface area (Å²) in [5.74, 6) is 1.78. The number of hydrogen-bond donors (Lipinski definition) is 2. The van der Waals surface area contributed by atoms with E-state index in [1.807, 2.05) is 12.1 Å². The predicted octanol–water partition coefficient (Wildman–Crippen LogP) is 2.60. The van der Waals surface area contributed by atoms with Gasteiger partial charge in [0.15, 0.2) is 0 Å². The maximum atomic E-state index is 9.10. The normalized spacial score (nSPS) is 19.5. The summed E-state index contributed by atoms with van der Waals surface area (Å²) in [6.07, 6.45) is 1.88. The standard InChI is InChI=1S/C19H23ClN4O2/c20-16-3-1-2-13-11-24(7-4-15(13)16)18-10-17(14-5-9-26-12-14)22-19(23-18)21-6-8-25/h1-3,10,14,25H,4-9,11-12H2,(H,21,22,23). The summed E-state index contributed by atoms with van der Waals surface area (Å²) < 4.78 is 5.53. The van der Waals surface area contributed by atoms with Crippen molar-refractivity contribution in [2.24, 2.45) is 0 Å². The van der Waals surface area contributed by atoms with Crippen LogP contribution in [-0.4, -0.2) is 48.0 Å². The van der Waals surface area contributed by atoms with Gasteiger partial charge < -0.3 is 20.1 Å². The predicted molar refractivity (Wildman–Crippen MR) is 102 cm³/mol. The molecule has 2 N–H and O–H groups in total. The summed E-state index contributed by atoms with van der Waals surface area (Å²) in [4.78, 5) is 11.6. The largest absolute Gasteiger partial charge is 0.395 e. The lowest BCUT2D eigenvalue weighted by Gasteiger charge is -2.31. The summed E-state index contributed by atoms with van der Waals surface area (Å²) in [5.41, 5.74) is 3.49. The molecule has 1 unspecified atom stereocenters. The molecule has 0 bridgehead atoms. The van der Waals surface area contributed by atoms with E-state index >= 15 is 0 Å². The number of nitrogens with one attached hydrogen (secondary N) is 1. The van der Waals surface area contributed by atoms with Crippen molar-refractivity contribution in [3.8, 4) is 0 Å². The number of aliphatic hydroxyl groups excluding tert-OH is 1. The molecule has 1 fully saturated rings. The molecular weight excluding hydrogens is 352 g/mol. The smallest absolute Gasteiger partial charge is 0.224 e. The quantitative estimate of drug-likeness (QED) is 0.838. The number of nitrogens with zero attached hydrogens (tertiary/aromatic N) is 3. The lowest BCUT2D eigenvalue weighted by molar-refractivity contribution is 0.193. The van der Waals surface area contributed by atoms with Gasteiger partial charge in [0.05, 0.1) is 18.9 Å². The fraction of sp³-hybridized carbons (Fsp3) is 0.474. The van der Waals surface area contributed by atoms with Crippen LogP contribution in [0.5, 0.6) is 0 Å². The molecule has 1 saturated heterocycles. The Morgan fingerprint density at radius 3 is 3.08 bits per heavy atom. The summed E-state index contributed by atoms with van der Waals surface area (Å²) in [6, 6.07) is 8.17. The molecule has 1 atom stereocenters. The maximum Gasteiger partial charge on any atom is 0.224 e. The molecule has 26 heavy (non-hydrogen) atoms. The highest BCUT2D eigenvalue weighted by atomic mass is 35.5. The zero-order valence-corrected chi connectivity index (χ0v) is 15.4. The number of fused-ring (bicyclic) bond motifs is 1. The topological polar surface area (TPSA) is 70.5 Å². The Hall–Kier alpha value is -1.89. The fourth-order valence-electron chi connectivity index (χ4n) is 3.60. The van der Waals surface area contributed by atoms with Crippen LogP contribution in [0, 0.1) is 0 Å². The number of ether oxygens (including phenoxy) is 1. The van der Waals surface area contributed by atoms with Gasteiger partial charge in [-0.25, -0.2) is 4.98 Å². The molecule has 0 saturated carbocycles. The van der Waals surface area contributed by atoms with Gasteiger partial charge >= 0.3 is 0 Å². The van der Waals surface area contributed by atoms with Gasteiger partial charge in [0.1, 0.15) is 5.82 Å². The molecule has 0 radical (unpaired) electrons. The highest BCUT2D eigenvalue weighted by molar-refractivity contribution is 6.31. The van der Waals surface area contributed by atoms with Crippen molar-refractivity contribution in [3.05, 3.63) is 46.1 Å². The van der Waals surface area contributed by atoms with Gasteiger partial charge in [0.25, 0.3) is 0 Å². The number of halogens is 1. The number of anilines is 2. The van der Waals surface area contributed by atoms with E-state index in [2.05, 4.69) is 32.3 Å². The molecule has 0 aliphatic carbocycles. The van der Waals surface area contributed by atoms with Crippen LogP contribution in [0.25, 0.3) is 0 Å². The van der Waals surface area contributed by atoms with Gasteiger partial charge in [-0.15, -0.1) is 0 Å². The van der Waals surface area contributed by atoms with Gasteiger partial charge in [-0.1, -0.05) is 23.7 Å². The van der Waals surface area contributed by atoms with E-state index in [0.29, 0.717) is 25.0 Å². The average Bonchev–Trinajstić information content (AvgIpc) is 3.21. The molecule has 0 spiro atoms. The molecule has 0 amide bonds. The van der Waals surface area contributed by atoms with Gasteiger partial charge in [-0.05, 0) is 30.0 Å². The lowest BCUT2D eigenvalue weighted by Crippen LogP contribution is -2.31. The summed E-state index contributed by atoms with van der Waals surface area (Å²) in [7, 11) is 0. The van der Waals surface area contributed by atoms with Gasteiger partial charge in [-0.3, -0.25) is 0 Å². The monoisotopic (exact) mass is 374 g/mol. The molecule has 3 heterocycles. The minimum Gasteiger partial charge on any atom is -0.395 e. The Kier molecular flexibility index (Phi) is 5.24. The van der Waals surface area contributed by atoms with Gasteiger partial charge in [0.2, 0.25) is 5.95 Å². The van der Waals surface area contributed by atoms with E-state index in [1.165, 1.54) is 11.1 Å². The van der Waals surface area contributed by atoms with Crippen molar-refractivity contribution < 1.29 is 9.84 Å². The molecule has 1 aromatic carbocycles. The molecule has 2 aliphatic rings. The zero-order valence-electron chi connectivity index (χ0n) is 14.6. The third-order valence-corrected chi connectivity index (χ3v) is 5.36. The van der Waals surface area contributed by atoms with E-state index in [9.17, 15) is 0 Å². The Balaban J connectivity index is 1.63. The van der Waals surface area contributed by atoms with Crippen molar-refractivity contribution in [1.82, 2.24) is 9.97 Å². The summed E-state index contributed by atoms with van der Waals surface area (Å²) in [6.45, 7) is 3.61. The molecule has 138 valence electrons. The van der Waals surface area contributed by atoms with Crippen LogP contribution >= 0.6 is 11.6 Å². The minimum atomic E-state index is 0.0467. The van der Waals surface area contributed by atoms with Crippen LogP contribution in [0.2, 0.25) is 5.02 Å². The molecule has 4 rings (SSSR count). The van der Waals surface area contributed by atoms with E-state index in [-0.39, 0.29) is 6.61 Å². The first-order chi connectivity index (χ1) is 12.7. The Labute approximate surface area is 158 Å². The highest BCUT2D eigenvalue weighted by Gasteiger charge is 2.24. The average molecular weight is 375 g/mol. The maximum absolute atomic E-state index is 9.10. The molecular formula is C19H23ClN4O2. The van der Waals surface area contributed by atoms with Crippen LogP contribution < -0.4 is 10.2 Å². The third-order valence-electron chi connectivity index (χ3n) is 5.01. The second-order valence-corrected chi connectivity index (χ2v) is 7.14. The molecule has 1 aromatic heterocycles. The molecule has 2 aromatic rings. The lowest BCUT2D eigenvalue weighted by atomic mass is 9.99. The van der Waals surface area contributed by atoms with E-state index in [1.54, 1.807) is 0 Å². The second kappa shape index (κ2) is 7.78. The van der Waals surface area contributed by atoms with Gasteiger partial charge in [-0.2, -0.15) is 4.98 Å². The second-order valence-electron chi connectivity index (χ2n) is 6.73. The number of aromatic nitrogens is 2. The number of aliphatic hydroxyl groups is 1. The first kappa shape index (κ1) is 17.5. The van der Waals surface area contributed by atoms with Crippen LogP contribution in [-0.2, 0) is 17.7 Å². The molecule has 7 heteroatoms. The van der Waals surface area contributed by atoms with Crippen LogP contribution in [0.3, 0.4) is 0 Å². The Morgan fingerprint density at radius 1 is 1.35 bits per heavy atom. The Morgan fingerprint density at radius 2 is 2.27 bits per heavy atom. The third kappa shape index (κ3) is 3.63. The molecule has 6 nitrogen and oxygen atoms in total. The van der Waals surface area contributed by atoms with E-state index in [0.717, 1.165) is 49.1 Å². The van der Waals surface area contributed by atoms with Crippen molar-refractivity contribution in [2.75, 3.05) is 43.1 Å². The van der Waals surface area contributed by atoms with Gasteiger partial charge in [0, 0.05) is 43.2 Å².